The van der Waals surface area contributed by atoms with Gasteiger partial charge < -0.3 is 10.0 Å². The lowest BCUT2D eigenvalue weighted by Crippen LogP contribution is -2.39. The number of hydrogen-bond acceptors (Lipinski definition) is 3. The van der Waals surface area contributed by atoms with Crippen LogP contribution >= 0.6 is 0 Å². The van der Waals surface area contributed by atoms with Crippen molar-refractivity contribution in [2.24, 2.45) is 5.92 Å². The molecule has 1 rings (SSSR count). The number of carbonyl (C=O) groups is 2. The molecule has 98 valence electrons. The molecule has 4 nitrogen and oxygen atoms in total. The lowest BCUT2D eigenvalue weighted by molar-refractivity contribution is -0.137. The summed E-state index contributed by atoms with van der Waals surface area (Å²) in [6.07, 6.45) is 2.21. The molecular formula is C13H23NO3. The molecule has 2 unspecified atom stereocenters. The molecule has 0 saturated carbocycles. The van der Waals surface area contributed by atoms with Crippen molar-refractivity contribution in [2.75, 3.05) is 6.54 Å². The molecule has 0 aromatic rings. The van der Waals surface area contributed by atoms with E-state index >= 15 is 0 Å². The van der Waals surface area contributed by atoms with Crippen molar-refractivity contribution in [1.29, 1.82) is 0 Å². The fraction of sp³-hybridized carbons (Fsp3) is 0.846. The first-order valence-corrected chi connectivity index (χ1v) is 6.39. The summed E-state index contributed by atoms with van der Waals surface area (Å²) in [5, 5.41) is 9.54. The third-order valence-electron chi connectivity index (χ3n) is 3.24. The molecule has 0 aromatic carbocycles. The zero-order valence-corrected chi connectivity index (χ0v) is 11.0. The van der Waals surface area contributed by atoms with Crippen molar-refractivity contribution in [3.05, 3.63) is 0 Å². The molecular weight excluding hydrogens is 218 g/mol. The maximum atomic E-state index is 11.9. The predicted molar refractivity (Wildman–Crippen MR) is 65.5 cm³/mol. The molecule has 1 aliphatic rings. The smallest absolute Gasteiger partial charge is 0.223 e. The van der Waals surface area contributed by atoms with Crippen molar-refractivity contribution in [1.82, 2.24) is 4.90 Å². The monoisotopic (exact) mass is 241 g/mol. The van der Waals surface area contributed by atoms with Crippen molar-refractivity contribution in [3.63, 3.8) is 0 Å². The maximum absolute atomic E-state index is 11.9. The van der Waals surface area contributed by atoms with Gasteiger partial charge in [0.15, 0.2) is 5.78 Å². The standard InChI is InChI=1S/C13H23NO3/c1-9(2)5-4-6-13(17)14-8-11(16)7-12(14)10(3)15/h9,11-12,16H,4-8H2,1-3H3. The van der Waals surface area contributed by atoms with Crippen LogP contribution in [0.4, 0.5) is 0 Å². The van der Waals surface area contributed by atoms with E-state index < -0.39 is 12.1 Å². The van der Waals surface area contributed by atoms with Gasteiger partial charge in [0.05, 0.1) is 12.1 Å². The lowest BCUT2D eigenvalue weighted by Gasteiger charge is -2.22. The predicted octanol–water partition coefficient (Wildman–Crippen LogP) is 1.36. The van der Waals surface area contributed by atoms with Crippen LogP contribution in [0.1, 0.15) is 46.5 Å². The fourth-order valence-corrected chi connectivity index (χ4v) is 2.28. The average Bonchev–Trinajstić information content (AvgIpc) is 2.59. The molecule has 2 atom stereocenters. The van der Waals surface area contributed by atoms with Crippen molar-refractivity contribution in [3.8, 4) is 0 Å². The van der Waals surface area contributed by atoms with E-state index in [1.807, 2.05) is 0 Å². The molecule has 17 heavy (non-hydrogen) atoms. The molecule has 1 heterocycles. The van der Waals surface area contributed by atoms with E-state index in [0.29, 0.717) is 25.3 Å². The van der Waals surface area contributed by atoms with Gasteiger partial charge in [0, 0.05) is 19.4 Å². The Kier molecular flexibility index (Phi) is 5.12. The number of hydrogen-bond donors (Lipinski definition) is 1. The van der Waals surface area contributed by atoms with Gasteiger partial charge in [-0.2, -0.15) is 0 Å². The number of aliphatic hydroxyl groups excluding tert-OH is 1. The van der Waals surface area contributed by atoms with Crippen LogP contribution in [-0.2, 0) is 9.59 Å². The van der Waals surface area contributed by atoms with E-state index in [4.69, 9.17) is 0 Å². The van der Waals surface area contributed by atoms with Crippen molar-refractivity contribution < 1.29 is 14.7 Å². The van der Waals surface area contributed by atoms with E-state index in [9.17, 15) is 14.7 Å². The highest BCUT2D eigenvalue weighted by molar-refractivity contribution is 5.88. The van der Waals surface area contributed by atoms with Crippen LogP contribution in [0.3, 0.4) is 0 Å². The lowest BCUT2D eigenvalue weighted by atomic mass is 10.1. The molecule has 0 aromatic heterocycles. The summed E-state index contributed by atoms with van der Waals surface area (Å²) in [4.78, 5) is 24.9. The van der Waals surface area contributed by atoms with Crippen LogP contribution in [0.5, 0.6) is 0 Å². The first kappa shape index (κ1) is 14.2. The summed E-state index contributed by atoms with van der Waals surface area (Å²) in [6.45, 7) is 6.05. The van der Waals surface area contributed by atoms with E-state index in [1.54, 1.807) is 4.90 Å². The van der Waals surface area contributed by atoms with E-state index in [1.165, 1.54) is 6.92 Å². The highest BCUT2D eigenvalue weighted by atomic mass is 16.3. The maximum Gasteiger partial charge on any atom is 0.223 e. The normalized spacial score (nSPS) is 24.4. The minimum atomic E-state index is -0.544. The number of amides is 1. The molecule has 1 fully saturated rings. The fourth-order valence-electron chi connectivity index (χ4n) is 2.28. The average molecular weight is 241 g/mol. The Morgan fingerprint density at radius 3 is 2.59 bits per heavy atom. The topological polar surface area (TPSA) is 57.6 Å². The van der Waals surface area contributed by atoms with Crippen molar-refractivity contribution in [2.45, 2.75) is 58.6 Å². The van der Waals surface area contributed by atoms with Crippen LogP contribution in [0.2, 0.25) is 0 Å². The third kappa shape index (κ3) is 4.11. The minimum Gasteiger partial charge on any atom is -0.391 e. The Balaban J connectivity index is 2.47. The molecule has 0 radical (unpaired) electrons. The SMILES string of the molecule is CC(=O)C1CC(O)CN1C(=O)CCCC(C)C. The Bertz CT molecular complexity index is 288. The van der Waals surface area contributed by atoms with Crippen molar-refractivity contribution >= 4 is 11.7 Å². The molecule has 1 amide bonds. The van der Waals surface area contributed by atoms with Gasteiger partial charge in [-0.25, -0.2) is 0 Å². The summed E-state index contributed by atoms with van der Waals surface area (Å²) in [5.74, 6) is 0.566. The first-order valence-electron chi connectivity index (χ1n) is 6.39. The summed E-state index contributed by atoms with van der Waals surface area (Å²) < 4.78 is 0. The molecule has 1 saturated heterocycles. The number of β-amino-alcohol motifs (C(OH)–C–C–N with tert-alkyl or cyclic N) is 1. The quantitative estimate of drug-likeness (QED) is 0.790. The molecule has 0 bridgehead atoms. The minimum absolute atomic E-state index is 0.00222. The van der Waals surface area contributed by atoms with Gasteiger partial charge in [0.2, 0.25) is 5.91 Å². The van der Waals surface area contributed by atoms with Crippen LogP contribution in [0.25, 0.3) is 0 Å². The largest absolute Gasteiger partial charge is 0.391 e. The highest BCUT2D eigenvalue weighted by Crippen LogP contribution is 2.20. The van der Waals surface area contributed by atoms with Gasteiger partial charge in [-0.05, 0) is 19.3 Å². The van der Waals surface area contributed by atoms with Gasteiger partial charge >= 0.3 is 0 Å². The van der Waals surface area contributed by atoms with Crippen LogP contribution in [0, 0.1) is 5.92 Å². The molecule has 1 N–H and O–H groups in total. The number of nitrogens with zero attached hydrogens (tertiary/aromatic N) is 1. The van der Waals surface area contributed by atoms with Crippen LogP contribution < -0.4 is 0 Å². The van der Waals surface area contributed by atoms with E-state index in [2.05, 4.69) is 13.8 Å². The first-order chi connectivity index (χ1) is 7.91. The van der Waals surface area contributed by atoms with Gasteiger partial charge in [0.25, 0.3) is 0 Å². The molecule has 4 heteroatoms. The van der Waals surface area contributed by atoms with E-state index in [-0.39, 0.29) is 11.7 Å². The third-order valence-corrected chi connectivity index (χ3v) is 3.24. The second kappa shape index (κ2) is 6.15. The van der Waals surface area contributed by atoms with Crippen LogP contribution in [-0.4, -0.2) is 40.4 Å². The zero-order valence-electron chi connectivity index (χ0n) is 11.0. The summed E-state index contributed by atoms with van der Waals surface area (Å²) >= 11 is 0. The number of likely N-dealkylation sites (tertiary alicyclic amines) is 1. The van der Waals surface area contributed by atoms with Gasteiger partial charge in [-0.1, -0.05) is 20.3 Å². The number of Topliss-reactive ketones (excluding diaryl/α,β-unsaturated/α-hetero) is 1. The summed E-state index contributed by atoms with van der Waals surface area (Å²) in [5.41, 5.74) is 0. The van der Waals surface area contributed by atoms with E-state index in [0.717, 1.165) is 12.8 Å². The Morgan fingerprint density at radius 2 is 2.06 bits per heavy atom. The second-order valence-electron chi connectivity index (χ2n) is 5.35. The Morgan fingerprint density at radius 1 is 1.41 bits per heavy atom. The van der Waals surface area contributed by atoms with Crippen LogP contribution in [0.15, 0.2) is 0 Å². The highest BCUT2D eigenvalue weighted by Gasteiger charge is 2.36. The number of rotatable bonds is 5. The van der Waals surface area contributed by atoms with Gasteiger partial charge in [-0.15, -0.1) is 0 Å². The van der Waals surface area contributed by atoms with Gasteiger partial charge in [-0.3, -0.25) is 9.59 Å². The summed E-state index contributed by atoms with van der Waals surface area (Å²) in [6, 6.07) is -0.406. The number of carbonyl (C=O) groups excluding carboxylic acids is 2. The Hall–Kier alpha value is -0.900. The summed E-state index contributed by atoms with van der Waals surface area (Å²) in [7, 11) is 0. The number of ketones is 1. The molecule has 0 aliphatic carbocycles. The zero-order chi connectivity index (χ0) is 13.0. The van der Waals surface area contributed by atoms with Gasteiger partial charge in [0.1, 0.15) is 0 Å². The second-order valence-corrected chi connectivity index (χ2v) is 5.35. The Labute approximate surface area is 103 Å². The molecule has 1 aliphatic heterocycles. The molecule has 0 spiro atoms. The number of aliphatic hydroxyl groups is 1.